The van der Waals surface area contributed by atoms with Gasteiger partial charge in [-0.1, -0.05) is 98.8 Å². The van der Waals surface area contributed by atoms with Crippen molar-refractivity contribution in [2.24, 2.45) is 0 Å². The van der Waals surface area contributed by atoms with Crippen molar-refractivity contribution in [3.8, 4) is 5.69 Å². The minimum absolute atomic E-state index is 1.03. The van der Waals surface area contributed by atoms with Gasteiger partial charge in [0.2, 0.25) is 0 Å². The first-order valence-corrected chi connectivity index (χ1v) is 15.6. The number of anilines is 3. The molecule has 0 aliphatic heterocycles. The molecule has 0 atom stereocenters. The van der Waals surface area contributed by atoms with Crippen LogP contribution in [0.25, 0.3) is 39.6 Å². The van der Waals surface area contributed by atoms with Crippen LogP contribution in [-0.4, -0.2) is 4.57 Å². The predicted molar refractivity (Wildman–Crippen MR) is 190 cm³/mol. The first-order chi connectivity index (χ1) is 21.7. The van der Waals surface area contributed by atoms with Gasteiger partial charge in [-0.05, 0) is 108 Å². The maximum absolute atomic E-state index is 2.41. The highest BCUT2D eigenvalue weighted by atomic mass is 15.1. The molecule has 6 aromatic carbocycles. The van der Waals surface area contributed by atoms with Crippen LogP contribution in [0.1, 0.15) is 36.1 Å². The summed E-state index contributed by atoms with van der Waals surface area (Å²) in [5, 5.41) is 2.65. The van der Waals surface area contributed by atoms with Crippen LogP contribution >= 0.6 is 0 Å². The van der Waals surface area contributed by atoms with Gasteiger partial charge >= 0.3 is 0 Å². The second kappa shape index (κ2) is 12.1. The van der Waals surface area contributed by atoms with E-state index in [-0.39, 0.29) is 0 Å². The van der Waals surface area contributed by atoms with Crippen LogP contribution in [-0.2, 0) is 12.8 Å². The van der Waals surface area contributed by atoms with Crippen LogP contribution in [0.2, 0.25) is 0 Å². The Morgan fingerprint density at radius 1 is 0.477 bits per heavy atom. The number of hydrogen-bond acceptors (Lipinski definition) is 1. The van der Waals surface area contributed by atoms with Gasteiger partial charge in [-0.3, -0.25) is 0 Å². The zero-order valence-electron chi connectivity index (χ0n) is 25.3. The van der Waals surface area contributed by atoms with E-state index in [1.807, 2.05) is 6.07 Å². The van der Waals surface area contributed by atoms with Crippen molar-refractivity contribution in [2.75, 3.05) is 4.90 Å². The van der Waals surface area contributed by atoms with Crippen LogP contribution in [0.15, 0.2) is 146 Å². The molecule has 0 spiro atoms. The summed E-state index contributed by atoms with van der Waals surface area (Å²) in [6, 6.07) is 52.6. The van der Waals surface area contributed by atoms with Crippen molar-refractivity contribution in [3.05, 3.63) is 168 Å². The number of aryl methyl sites for hydroxylation is 2. The number of para-hydroxylation sites is 1. The Balaban J connectivity index is 1.28. The summed E-state index contributed by atoms with van der Waals surface area (Å²) in [6.45, 7) is 4.45. The van der Waals surface area contributed by atoms with Crippen molar-refractivity contribution in [2.45, 2.75) is 26.7 Å². The molecular weight excluding hydrogens is 532 g/mol. The SMILES string of the molecule is CCc1ccc2c(c1)c1cc(CC)ccc1n2-c1ccc(N(c2ccccc2)c2ccc(C=Cc3ccccc3)cc2)cc1. The van der Waals surface area contributed by atoms with E-state index in [9.17, 15) is 0 Å². The number of fused-ring (bicyclic) bond motifs is 3. The third-order valence-corrected chi connectivity index (χ3v) is 8.51. The zero-order valence-corrected chi connectivity index (χ0v) is 25.3. The quantitative estimate of drug-likeness (QED) is 0.166. The van der Waals surface area contributed by atoms with E-state index in [0.717, 1.165) is 35.6 Å². The standard InChI is InChI=1S/C42H36N2/c1-3-31-19-27-41-39(29-31)40-30-32(4-2)20-28-42(40)44(41)38-25-23-37(24-26-38)43(35-13-9-6-10-14-35)36-21-17-34(18-22-36)16-15-33-11-7-5-8-12-33/h5-30H,3-4H2,1-2H3. The van der Waals surface area contributed by atoms with Gasteiger partial charge in [-0.15, -0.1) is 0 Å². The Kier molecular flexibility index (Phi) is 7.56. The van der Waals surface area contributed by atoms with Crippen LogP contribution in [0.5, 0.6) is 0 Å². The zero-order chi connectivity index (χ0) is 29.9. The van der Waals surface area contributed by atoms with Gasteiger partial charge in [0.05, 0.1) is 11.0 Å². The third-order valence-electron chi connectivity index (χ3n) is 8.51. The second-order valence-corrected chi connectivity index (χ2v) is 11.3. The summed E-state index contributed by atoms with van der Waals surface area (Å²) in [6.07, 6.45) is 6.39. The molecule has 0 bridgehead atoms. The molecule has 0 unspecified atom stereocenters. The van der Waals surface area contributed by atoms with Gasteiger partial charge in [0.25, 0.3) is 0 Å². The van der Waals surface area contributed by atoms with Crippen molar-refractivity contribution in [1.29, 1.82) is 0 Å². The van der Waals surface area contributed by atoms with Crippen LogP contribution in [0, 0.1) is 0 Å². The number of aromatic nitrogens is 1. The fourth-order valence-corrected chi connectivity index (χ4v) is 6.10. The molecule has 0 N–H and O–H groups in total. The lowest BCUT2D eigenvalue weighted by molar-refractivity contribution is 1.13. The summed E-state index contributed by atoms with van der Waals surface area (Å²) in [5.74, 6) is 0. The van der Waals surface area contributed by atoms with Crippen LogP contribution in [0.4, 0.5) is 17.1 Å². The molecular formula is C42H36N2. The highest BCUT2D eigenvalue weighted by molar-refractivity contribution is 6.09. The number of rotatable bonds is 8. The molecule has 0 saturated heterocycles. The Bertz CT molecular complexity index is 1990. The molecule has 1 heterocycles. The topological polar surface area (TPSA) is 8.17 Å². The highest BCUT2D eigenvalue weighted by Crippen LogP contribution is 2.37. The summed E-state index contributed by atoms with van der Waals surface area (Å²) in [4.78, 5) is 2.32. The monoisotopic (exact) mass is 568 g/mol. The van der Waals surface area contributed by atoms with Crippen LogP contribution < -0.4 is 4.90 Å². The first kappa shape index (κ1) is 27.5. The molecule has 0 radical (unpaired) electrons. The molecule has 0 aliphatic rings. The van der Waals surface area contributed by atoms with Crippen molar-refractivity contribution >= 4 is 51.0 Å². The van der Waals surface area contributed by atoms with E-state index in [1.54, 1.807) is 0 Å². The van der Waals surface area contributed by atoms with Gasteiger partial charge in [0, 0.05) is 33.5 Å². The molecule has 7 aromatic rings. The molecule has 0 saturated carbocycles. The summed E-state index contributed by atoms with van der Waals surface area (Å²) in [5.41, 5.74) is 12.1. The van der Waals surface area contributed by atoms with E-state index in [0.29, 0.717) is 0 Å². The fraction of sp³-hybridized carbons (Fsp3) is 0.0952. The summed E-state index contributed by atoms with van der Waals surface area (Å²) in [7, 11) is 0. The minimum atomic E-state index is 1.03. The predicted octanol–water partition coefficient (Wildman–Crippen LogP) is 11.5. The van der Waals surface area contributed by atoms with E-state index < -0.39 is 0 Å². The first-order valence-electron chi connectivity index (χ1n) is 15.6. The lowest BCUT2D eigenvalue weighted by Crippen LogP contribution is -2.10. The lowest BCUT2D eigenvalue weighted by atomic mass is 10.1. The summed E-state index contributed by atoms with van der Waals surface area (Å²) >= 11 is 0. The van der Waals surface area contributed by atoms with Crippen molar-refractivity contribution in [3.63, 3.8) is 0 Å². The van der Waals surface area contributed by atoms with E-state index in [1.165, 1.54) is 44.1 Å². The number of hydrogen-bond donors (Lipinski definition) is 0. The molecule has 1 aromatic heterocycles. The van der Waals surface area contributed by atoms with Gasteiger partial charge in [-0.2, -0.15) is 0 Å². The summed E-state index contributed by atoms with van der Waals surface area (Å²) < 4.78 is 2.41. The molecule has 0 aliphatic carbocycles. The van der Waals surface area contributed by atoms with Gasteiger partial charge in [-0.25, -0.2) is 0 Å². The van der Waals surface area contributed by atoms with Gasteiger partial charge in [0.15, 0.2) is 0 Å². The largest absolute Gasteiger partial charge is 0.311 e. The van der Waals surface area contributed by atoms with E-state index in [4.69, 9.17) is 0 Å². The number of nitrogens with zero attached hydrogens (tertiary/aromatic N) is 2. The molecule has 2 heteroatoms. The highest BCUT2D eigenvalue weighted by Gasteiger charge is 2.16. The normalized spacial score (nSPS) is 11.5. The molecule has 214 valence electrons. The maximum atomic E-state index is 2.41. The average molecular weight is 569 g/mol. The molecule has 0 fully saturated rings. The van der Waals surface area contributed by atoms with E-state index in [2.05, 4.69) is 175 Å². The van der Waals surface area contributed by atoms with Gasteiger partial charge in [0.1, 0.15) is 0 Å². The Morgan fingerprint density at radius 2 is 0.932 bits per heavy atom. The van der Waals surface area contributed by atoms with Crippen molar-refractivity contribution < 1.29 is 0 Å². The fourth-order valence-electron chi connectivity index (χ4n) is 6.10. The van der Waals surface area contributed by atoms with Crippen molar-refractivity contribution in [1.82, 2.24) is 4.57 Å². The maximum Gasteiger partial charge on any atom is 0.0541 e. The number of benzene rings is 6. The smallest absolute Gasteiger partial charge is 0.0541 e. The molecule has 7 rings (SSSR count). The van der Waals surface area contributed by atoms with Gasteiger partial charge < -0.3 is 9.47 Å². The third kappa shape index (κ3) is 5.31. The Morgan fingerprint density at radius 3 is 1.45 bits per heavy atom. The second-order valence-electron chi connectivity index (χ2n) is 11.3. The molecule has 2 nitrogen and oxygen atoms in total. The lowest BCUT2D eigenvalue weighted by Gasteiger charge is -2.26. The Labute approximate surface area is 260 Å². The molecule has 0 amide bonds. The minimum Gasteiger partial charge on any atom is -0.311 e. The average Bonchev–Trinajstić information content (AvgIpc) is 3.42. The Hall–Kier alpha value is -5.34. The molecule has 44 heavy (non-hydrogen) atoms. The van der Waals surface area contributed by atoms with Crippen LogP contribution in [0.3, 0.4) is 0 Å². The van der Waals surface area contributed by atoms with E-state index >= 15 is 0 Å².